The Morgan fingerprint density at radius 3 is 2.85 bits per heavy atom. The third-order valence-electron chi connectivity index (χ3n) is 2.96. The Labute approximate surface area is 127 Å². The Morgan fingerprint density at radius 2 is 2.10 bits per heavy atom. The molecule has 104 valence electrons. The maximum atomic E-state index is 4.75. The van der Waals surface area contributed by atoms with Gasteiger partial charge in [-0.25, -0.2) is 4.98 Å². The second-order valence-corrected chi connectivity index (χ2v) is 6.81. The Hall–Kier alpha value is -1.30. The molecule has 3 nitrogen and oxygen atoms in total. The van der Waals surface area contributed by atoms with Crippen LogP contribution in [0, 0.1) is 0 Å². The van der Waals surface area contributed by atoms with Gasteiger partial charge < -0.3 is 5.32 Å². The molecule has 0 unspecified atom stereocenters. The zero-order chi connectivity index (χ0) is 13.9. The number of benzene rings is 1. The minimum absolute atomic E-state index is 0.466. The number of imidazole rings is 1. The van der Waals surface area contributed by atoms with Crippen molar-refractivity contribution in [2.24, 2.45) is 0 Å². The summed E-state index contributed by atoms with van der Waals surface area (Å²) in [6.45, 7) is 5.16. The molecule has 0 saturated carbocycles. The lowest BCUT2D eigenvalue weighted by molar-refractivity contribution is 0.574. The molecule has 5 heteroatoms. The van der Waals surface area contributed by atoms with E-state index in [4.69, 9.17) is 4.98 Å². The molecule has 0 aliphatic heterocycles. The molecule has 1 N–H and O–H groups in total. The normalized spacial score (nSPS) is 11.6. The molecule has 0 atom stereocenters. The molecular weight excluding hydrogens is 286 g/mol. The van der Waals surface area contributed by atoms with E-state index >= 15 is 0 Å². The third kappa shape index (κ3) is 2.90. The van der Waals surface area contributed by atoms with Gasteiger partial charge in [0.15, 0.2) is 4.96 Å². The van der Waals surface area contributed by atoms with E-state index in [-0.39, 0.29) is 0 Å². The highest BCUT2D eigenvalue weighted by Gasteiger charge is 2.14. The molecule has 0 aliphatic carbocycles. The molecule has 2 aromatic heterocycles. The summed E-state index contributed by atoms with van der Waals surface area (Å²) in [6, 6.07) is 10.9. The standard InChI is InChI=1S/C15H17N3S2/c1-11(2)16-10-13-14(17-15-18(13)8-9-19-15)20-12-6-4-3-5-7-12/h3-9,11,16H,10H2,1-2H3. The summed E-state index contributed by atoms with van der Waals surface area (Å²) in [5, 5.41) is 6.66. The molecule has 0 amide bonds. The Morgan fingerprint density at radius 1 is 1.30 bits per heavy atom. The summed E-state index contributed by atoms with van der Waals surface area (Å²) in [7, 11) is 0. The summed E-state index contributed by atoms with van der Waals surface area (Å²) in [4.78, 5) is 7.04. The van der Waals surface area contributed by atoms with Gasteiger partial charge in [0.05, 0.1) is 5.69 Å². The summed E-state index contributed by atoms with van der Waals surface area (Å²) in [6.07, 6.45) is 2.10. The van der Waals surface area contributed by atoms with Crippen LogP contribution in [0.15, 0.2) is 51.8 Å². The zero-order valence-electron chi connectivity index (χ0n) is 11.5. The molecule has 0 bridgehead atoms. The number of nitrogens with one attached hydrogen (secondary N) is 1. The van der Waals surface area contributed by atoms with Gasteiger partial charge in [0.2, 0.25) is 0 Å². The highest BCUT2D eigenvalue weighted by molar-refractivity contribution is 7.99. The largest absolute Gasteiger partial charge is 0.309 e. The van der Waals surface area contributed by atoms with Crippen LogP contribution in [-0.4, -0.2) is 15.4 Å². The first-order valence-corrected chi connectivity index (χ1v) is 8.34. The summed E-state index contributed by atoms with van der Waals surface area (Å²) >= 11 is 3.41. The Bertz CT molecular complexity index is 686. The minimum Gasteiger partial charge on any atom is -0.309 e. The molecule has 20 heavy (non-hydrogen) atoms. The van der Waals surface area contributed by atoms with Gasteiger partial charge >= 0.3 is 0 Å². The molecule has 0 fully saturated rings. The van der Waals surface area contributed by atoms with Gasteiger partial charge in [0.25, 0.3) is 0 Å². The molecule has 0 radical (unpaired) electrons. The van der Waals surface area contributed by atoms with Crippen LogP contribution in [0.3, 0.4) is 0 Å². The van der Waals surface area contributed by atoms with Crippen LogP contribution in [0.5, 0.6) is 0 Å². The number of thiazole rings is 1. The summed E-state index contributed by atoms with van der Waals surface area (Å²) < 4.78 is 2.19. The molecule has 0 spiro atoms. The van der Waals surface area contributed by atoms with Gasteiger partial charge in [-0.15, -0.1) is 11.3 Å². The second kappa shape index (κ2) is 5.99. The second-order valence-electron chi connectivity index (χ2n) is 4.87. The predicted molar refractivity (Wildman–Crippen MR) is 85.6 cm³/mol. The molecule has 0 aliphatic rings. The number of aromatic nitrogens is 2. The lowest BCUT2D eigenvalue weighted by atomic mass is 10.3. The molecule has 3 aromatic rings. The Kier molecular flexibility index (Phi) is 4.10. The first-order valence-electron chi connectivity index (χ1n) is 6.65. The van der Waals surface area contributed by atoms with Crippen molar-refractivity contribution in [2.45, 2.75) is 36.4 Å². The summed E-state index contributed by atoms with van der Waals surface area (Å²) in [5.74, 6) is 0. The van der Waals surface area contributed by atoms with Gasteiger partial charge in [0.1, 0.15) is 5.03 Å². The van der Waals surface area contributed by atoms with E-state index in [1.807, 2.05) is 6.07 Å². The molecular formula is C15H17N3S2. The van der Waals surface area contributed by atoms with Crippen LogP contribution in [0.4, 0.5) is 0 Å². The van der Waals surface area contributed by atoms with Crippen molar-refractivity contribution in [3.8, 4) is 0 Å². The van der Waals surface area contributed by atoms with Crippen LogP contribution in [0.2, 0.25) is 0 Å². The van der Waals surface area contributed by atoms with E-state index in [2.05, 4.69) is 59.4 Å². The monoisotopic (exact) mass is 303 g/mol. The van der Waals surface area contributed by atoms with Crippen molar-refractivity contribution in [3.63, 3.8) is 0 Å². The van der Waals surface area contributed by atoms with E-state index in [9.17, 15) is 0 Å². The smallest absolute Gasteiger partial charge is 0.194 e. The van der Waals surface area contributed by atoms with Crippen LogP contribution in [-0.2, 0) is 6.54 Å². The van der Waals surface area contributed by atoms with E-state index in [1.165, 1.54) is 10.6 Å². The lowest BCUT2D eigenvalue weighted by Crippen LogP contribution is -2.22. The van der Waals surface area contributed by atoms with Crippen molar-refractivity contribution in [1.29, 1.82) is 0 Å². The maximum Gasteiger partial charge on any atom is 0.194 e. The molecule has 2 heterocycles. The molecule has 0 saturated heterocycles. The van der Waals surface area contributed by atoms with Crippen LogP contribution >= 0.6 is 23.1 Å². The van der Waals surface area contributed by atoms with Crippen LogP contribution in [0.25, 0.3) is 4.96 Å². The van der Waals surface area contributed by atoms with E-state index in [1.54, 1.807) is 23.1 Å². The van der Waals surface area contributed by atoms with Crippen molar-refractivity contribution in [3.05, 3.63) is 47.6 Å². The fraction of sp³-hybridized carbons (Fsp3) is 0.267. The third-order valence-corrected chi connectivity index (χ3v) is 4.74. The fourth-order valence-corrected chi connectivity index (χ4v) is 3.68. The SMILES string of the molecule is CC(C)NCc1c(Sc2ccccc2)nc2sccn12. The first-order chi connectivity index (χ1) is 9.74. The number of hydrogen-bond acceptors (Lipinski definition) is 4. The quantitative estimate of drug-likeness (QED) is 0.771. The first kappa shape index (κ1) is 13.7. The van der Waals surface area contributed by atoms with Crippen molar-refractivity contribution in [2.75, 3.05) is 0 Å². The number of hydrogen-bond donors (Lipinski definition) is 1. The maximum absolute atomic E-state index is 4.75. The predicted octanol–water partition coefficient (Wildman–Crippen LogP) is 4.05. The van der Waals surface area contributed by atoms with Gasteiger partial charge in [0, 0.05) is 29.1 Å². The zero-order valence-corrected chi connectivity index (χ0v) is 13.2. The fourth-order valence-electron chi connectivity index (χ4n) is 1.96. The number of fused-ring (bicyclic) bond motifs is 1. The van der Waals surface area contributed by atoms with Crippen molar-refractivity contribution < 1.29 is 0 Å². The average molecular weight is 303 g/mol. The lowest BCUT2D eigenvalue weighted by Gasteiger charge is -2.09. The molecule has 1 aromatic carbocycles. The van der Waals surface area contributed by atoms with Crippen LogP contribution in [0.1, 0.15) is 19.5 Å². The van der Waals surface area contributed by atoms with Gasteiger partial charge in [-0.05, 0) is 12.1 Å². The topological polar surface area (TPSA) is 29.3 Å². The van der Waals surface area contributed by atoms with Crippen molar-refractivity contribution in [1.82, 2.24) is 14.7 Å². The van der Waals surface area contributed by atoms with E-state index in [0.717, 1.165) is 16.5 Å². The van der Waals surface area contributed by atoms with E-state index < -0.39 is 0 Å². The minimum atomic E-state index is 0.466. The van der Waals surface area contributed by atoms with Gasteiger partial charge in [-0.2, -0.15) is 0 Å². The van der Waals surface area contributed by atoms with Crippen molar-refractivity contribution >= 4 is 28.1 Å². The van der Waals surface area contributed by atoms with Gasteiger partial charge in [-0.1, -0.05) is 43.8 Å². The summed E-state index contributed by atoms with van der Waals surface area (Å²) in [5.41, 5.74) is 1.24. The highest BCUT2D eigenvalue weighted by atomic mass is 32.2. The average Bonchev–Trinajstić information content (AvgIpc) is 2.99. The Balaban J connectivity index is 1.92. The highest BCUT2D eigenvalue weighted by Crippen LogP contribution is 2.31. The number of rotatable bonds is 5. The van der Waals surface area contributed by atoms with Gasteiger partial charge in [-0.3, -0.25) is 4.40 Å². The number of nitrogens with zero attached hydrogens (tertiary/aromatic N) is 2. The van der Waals surface area contributed by atoms with Crippen LogP contribution < -0.4 is 5.32 Å². The molecule has 3 rings (SSSR count). The van der Waals surface area contributed by atoms with E-state index in [0.29, 0.717) is 6.04 Å².